The number of piperidine rings is 1. The Balaban J connectivity index is 2.03. The summed E-state index contributed by atoms with van der Waals surface area (Å²) in [4.78, 5) is 2.52. The van der Waals surface area contributed by atoms with Crippen LogP contribution in [0.15, 0.2) is 10.5 Å². The molecule has 0 amide bonds. The van der Waals surface area contributed by atoms with Crippen molar-refractivity contribution in [2.24, 2.45) is 11.7 Å². The molecule has 3 heteroatoms. The molecule has 1 aromatic heterocycles. The average molecular weight is 236 g/mol. The van der Waals surface area contributed by atoms with Crippen LogP contribution < -0.4 is 5.73 Å². The second kappa shape index (κ2) is 5.23. The number of hydrogen-bond donors (Lipinski definition) is 1. The van der Waals surface area contributed by atoms with Crippen molar-refractivity contribution < 1.29 is 4.42 Å². The summed E-state index contributed by atoms with van der Waals surface area (Å²) in [6.45, 7) is 9.31. The molecule has 0 bridgehead atoms. The van der Waals surface area contributed by atoms with Gasteiger partial charge in [-0.05, 0) is 44.2 Å². The number of furan rings is 1. The van der Waals surface area contributed by atoms with Gasteiger partial charge < -0.3 is 10.2 Å². The van der Waals surface area contributed by atoms with E-state index in [9.17, 15) is 0 Å². The summed E-state index contributed by atoms with van der Waals surface area (Å²) in [6, 6.07) is 2.80. The summed E-state index contributed by atoms with van der Waals surface area (Å²) in [5, 5.41) is 0. The summed E-state index contributed by atoms with van der Waals surface area (Å²) in [5.41, 5.74) is 6.82. The minimum atomic E-state index is 0.498. The zero-order valence-electron chi connectivity index (χ0n) is 11.2. The molecule has 3 nitrogen and oxygen atoms in total. The lowest BCUT2D eigenvalue weighted by Gasteiger charge is -2.36. The number of nitrogens with zero attached hydrogens (tertiary/aromatic N) is 1. The molecule has 2 N–H and O–H groups in total. The summed E-state index contributed by atoms with van der Waals surface area (Å²) < 4.78 is 5.78. The number of hydrogen-bond acceptors (Lipinski definition) is 3. The van der Waals surface area contributed by atoms with Crippen molar-refractivity contribution in [2.45, 2.75) is 52.7 Å². The first kappa shape index (κ1) is 12.7. The van der Waals surface area contributed by atoms with Crippen molar-refractivity contribution in [2.75, 3.05) is 6.54 Å². The minimum Gasteiger partial charge on any atom is -0.463 e. The zero-order valence-corrected chi connectivity index (χ0v) is 11.2. The summed E-state index contributed by atoms with van der Waals surface area (Å²) in [5.74, 6) is 2.79. The molecule has 0 spiro atoms. The van der Waals surface area contributed by atoms with E-state index >= 15 is 0 Å². The Morgan fingerprint density at radius 1 is 1.41 bits per heavy atom. The molecular formula is C14H24N2O. The Morgan fingerprint density at radius 3 is 2.82 bits per heavy atom. The van der Waals surface area contributed by atoms with Crippen LogP contribution in [-0.2, 0) is 13.1 Å². The molecule has 2 unspecified atom stereocenters. The van der Waals surface area contributed by atoms with E-state index in [4.69, 9.17) is 10.2 Å². The normalized spacial score (nSPS) is 26.4. The number of nitrogens with two attached hydrogens (primary N) is 1. The fourth-order valence-corrected chi connectivity index (χ4v) is 2.67. The Kier molecular flexibility index (Phi) is 3.89. The molecule has 2 atom stereocenters. The predicted molar refractivity (Wildman–Crippen MR) is 69.6 cm³/mol. The van der Waals surface area contributed by atoms with Crippen LogP contribution in [0.4, 0.5) is 0 Å². The van der Waals surface area contributed by atoms with Gasteiger partial charge in [0.1, 0.15) is 11.5 Å². The Hall–Kier alpha value is -0.800. The van der Waals surface area contributed by atoms with Crippen molar-refractivity contribution in [3.63, 3.8) is 0 Å². The van der Waals surface area contributed by atoms with Crippen molar-refractivity contribution in [1.29, 1.82) is 0 Å². The van der Waals surface area contributed by atoms with Gasteiger partial charge in [0, 0.05) is 12.6 Å². The molecule has 17 heavy (non-hydrogen) atoms. The van der Waals surface area contributed by atoms with Gasteiger partial charge in [0.15, 0.2) is 0 Å². The fourth-order valence-electron chi connectivity index (χ4n) is 2.67. The molecule has 96 valence electrons. The molecule has 0 saturated carbocycles. The van der Waals surface area contributed by atoms with Gasteiger partial charge in [0.25, 0.3) is 0 Å². The Bertz CT molecular complexity index is 372. The third kappa shape index (κ3) is 2.90. The fraction of sp³-hybridized carbons (Fsp3) is 0.714. The van der Waals surface area contributed by atoms with Crippen LogP contribution in [0.3, 0.4) is 0 Å². The molecule has 1 aromatic rings. The molecule has 0 aliphatic carbocycles. The van der Waals surface area contributed by atoms with E-state index in [1.807, 2.05) is 0 Å². The first-order valence-corrected chi connectivity index (χ1v) is 6.62. The van der Waals surface area contributed by atoms with Gasteiger partial charge in [-0.1, -0.05) is 6.92 Å². The average Bonchev–Trinajstić information content (AvgIpc) is 2.64. The second-order valence-electron chi connectivity index (χ2n) is 5.48. The second-order valence-corrected chi connectivity index (χ2v) is 5.48. The quantitative estimate of drug-likeness (QED) is 0.877. The third-order valence-electron chi connectivity index (χ3n) is 3.86. The predicted octanol–water partition coefficient (Wildman–Crippen LogP) is 2.67. The first-order valence-electron chi connectivity index (χ1n) is 6.62. The molecule has 1 fully saturated rings. The smallest absolute Gasteiger partial charge is 0.120 e. The standard InChI is InChI=1S/C14H24N2O/c1-10-4-5-12(3)16(8-10)9-13-6-11(2)14(7-15)17-13/h6,10,12H,4-5,7-9,15H2,1-3H3. The maximum absolute atomic E-state index is 5.78. The van der Waals surface area contributed by atoms with Crippen LogP contribution in [0.5, 0.6) is 0 Å². The highest BCUT2D eigenvalue weighted by Gasteiger charge is 2.23. The zero-order chi connectivity index (χ0) is 12.4. The molecule has 1 aliphatic rings. The Morgan fingerprint density at radius 2 is 2.18 bits per heavy atom. The van der Waals surface area contributed by atoms with E-state index in [0.29, 0.717) is 12.6 Å². The Labute approximate surface area is 104 Å². The minimum absolute atomic E-state index is 0.498. The van der Waals surface area contributed by atoms with Crippen LogP contribution in [0.25, 0.3) is 0 Å². The van der Waals surface area contributed by atoms with E-state index in [0.717, 1.165) is 24.0 Å². The van der Waals surface area contributed by atoms with Gasteiger partial charge in [0.05, 0.1) is 13.1 Å². The van der Waals surface area contributed by atoms with Crippen LogP contribution in [0.1, 0.15) is 43.8 Å². The number of aryl methyl sites for hydroxylation is 1. The third-order valence-corrected chi connectivity index (χ3v) is 3.86. The highest BCUT2D eigenvalue weighted by molar-refractivity contribution is 5.19. The van der Waals surface area contributed by atoms with Gasteiger partial charge in [-0.3, -0.25) is 4.90 Å². The van der Waals surface area contributed by atoms with Gasteiger partial charge in [0.2, 0.25) is 0 Å². The molecule has 1 aliphatic heterocycles. The molecule has 0 radical (unpaired) electrons. The first-order chi connectivity index (χ1) is 8.10. The summed E-state index contributed by atoms with van der Waals surface area (Å²) >= 11 is 0. The van der Waals surface area contributed by atoms with E-state index in [1.165, 1.54) is 24.9 Å². The van der Waals surface area contributed by atoms with Gasteiger partial charge in [-0.25, -0.2) is 0 Å². The van der Waals surface area contributed by atoms with Crippen LogP contribution in [0.2, 0.25) is 0 Å². The number of rotatable bonds is 3. The molecule has 2 heterocycles. The SMILES string of the molecule is Cc1cc(CN2CC(C)CCC2C)oc1CN. The van der Waals surface area contributed by atoms with Crippen LogP contribution in [-0.4, -0.2) is 17.5 Å². The van der Waals surface area contributed by atoms with Crippen molar-refractivity contribution in [1.82, 2.24) is 4.90 Å². The molecule has 2 rings (SSSR count). The number of likely N-dealkylation sites (tertiary alicyclic amines) is 1. The van der Waals surface area contributed by atoms with E-state index in [-0.39, 0.29) is 0 Å². The largest absolute Gasteiger partial charge is 0.463 e. The highest BCUT2D eigenvalue weighted by atomic mass is 16.3. The maximum Gasteiger partial charge on any atom is 0.120 e. The van der Waals surface area contributed by atoms with Gasteiger partial charge in [-0.2, -0.15) is 0 Å². The monoisotopic (exact) mass is 236 g/mol. The van der Waals surface area contributed by atoms with E-state index in [2.05, 4.69) is 31.7 Å². The maximum atomic E-state index is 5.78. The summed E-state index contributed by atoms with van der Waals surface area (Å²) in [6.07, 6.45) is 2.65. The van der Waals surface area contributed by atoms with Crippen molar-refractivity contribution >= 4 is 0 Å². The lowest BCUT2D eigenvalue weighted by Crippen LogP contribution is -2.40. The van der Waals surface area contributed by atoms with Gasteiger partial charge in [-0.15, -0.1) is 0 Å². The lowest BCUT2D eigenvalue weighted by atomic mass is 9.95. The topological polar surface area (TPSA) is 42.4 Å². The van der Waals surface area contributed by atoms with E-state index in [1.54, 1.807) is 0 Å². The van der Waals surface area contributed by atoms with Crippen LogP contribution >= 0.6 is 0 Å². The highest BCUT2D eigenvalue weighted by Crippen LogP contribution is 2.24. The molecule has 0 aromatic carbocycles. The lowest BCUT2D eigenvalue weighted by molar-refractivity contribution is 0.108. The van der Waals surface area contributed by atoms with Gasteiger partial charge >= 0.3 is 0 Å². The van der Waals surface area contributed by atoms with Crippen LogP contribution in [0, 0.1) is 12.8 Å². The summed E-state index contributed by atoms with van der Waals surface area (Å²) in [7, 11) is 0. The molecular weight excluding hydrogens is 212 g/mol. The van der Waals surface area contributed by atoms with E-state index < -0.39 is 0 Å². The van der Waals surface area contributed by atoms with Crippen molar-refractivity contribution in [3.05, 3.63) is 23.2 Å². The van der Waals surface area contributed by atoms with Crippen molar-refractivity contribution in [3.8, 4) is 0 Å². The molecule has 1 saturated heterocycles.